The molecule has 2 aromatic rings. The minimum absolute atomic E-state index is 0.138. The molecule has 4 nitrogen and oxygen atoms in total. The molecule has 6 heteroatoms. The van der Waals surface area contributed by atoms with Crippen molar-refractivity contribution in [2.75, 3.05) is 17.2 Å². The molecule has 1 aliphatic heterocycles. The molecule has 19 heavy (non-hydrogen) atoms. The van der Waals surface area contributed by atoms with Gasteiger partial charge in [0.2, 0.25) is 0 Å². The van der Waals surface area contributed by atoms with E-state index < -0.39 is 9.84 Å². The summed E-state index contributed by atoms with van der Waals surface area (Å²) in [6.45, 7) is 0. The fourth-order valence-electron chi connectivity index (χ4n) is 2.40. The van der Waals surface area contributed by atoms with Gasteiger partial charge in [0, 0.05) is 10.9 Å². The van der Waals surface area contributed by atoms with Crippen LogP contribution in [0.3, 0.4) is 0 Å². The van der Waals surface area contributed by atoms with Crippen molar-refractivity contribution in [1.29, 1.82) is 0 Å². The average molecular weight is 294 g/mol. The van der Waals surface area contributed by atoms with Crippen LogP contribution in [0.25, 0.3) is 11.3 Å². The molecule has 1 aliphatic rings. The van der Waals surface area contributed by atoms with Gasteiger partial charge in [0.15, 0.2) is 15.0 Å². The average Bonchev–Trinajstić information content (AvgIpc) is 2.96. The summed E-state index contributed by atoms with van der Waals surface area (Å²) in [4.78, 5) is 4.23. The summed E-state index contributed by atoms with van der Waals surface area (Å²) in [7, 11) is -2.83. The van der Waals surface area contributed by atoms with E-state index in [2.05, 4.69) is 4.98 Å². The summed E-state index contributed by atoms with van der Waals surface area (Å²) >= 11 is 1.42. The van der Waals surface area contributed by atoms with Crippen LogP contribution < -0.4 is 5.73 Å². The maximum Gasteiger partial charge on any atom is 0.180 e. The molecule has 1 aromatic heterocycles. The lowest BCUT2D eigenvalue weighted by Gasteiger charge is -2.08. The van der Waals surface area contributed by atoms with Crippen molar-refractivity contribution in [2.24, 2.45) is 0 Å². The van der Waals surface area contributed by atoms with Crippen LogP contribution in [0.4, 0.5) is 5.13 Å². The van der Waals surface area contributed by atoms with Crippen LogP contribution in [0.5, 0.6) is 0 Å². The van der Waals surface area contributed by atoms with Crippen LogP contribution in [-0.2, 0) is 9.84 Å². The zero-order chi connectivity index (χ0) is 13.5. The first-order chi connectivity index (χ1) is 9.03. The monoisotopic (exact) mass is 294 g/mol. The minimum Gasteiger partial charge on any atom is -0.375 e. The largest absolute Gasteiger partial charge is 0.375 e. The topological polar surface area (TPSA) is 73.0 Å². The number of hydrogen-bond donors (Lipinski definition) is 1. The second-order valence-electron chi connectivity index (χ2n) is 4.79. The number of anilines is 1. The molecule has 100 valence electrons. The Morgan fingerprint density at radius 3 is 2.53 bits per heavy atom. The standard InChI is InChI=1S/C13H14N2O2S2/c14-13-15-12(7-18-13)10-3-1-9(2-4-10)11-5-6-19(16,17)8-11/h1-4,7,11H,5-6,8H2,(H2,14,15)/t11-/m1/s1. The van der Waals surface area contributed by atoms with Crippen LogP contribution in [0.15, 0.2) is 29.6 Å². The molecule has 1 aromatic carbocycles. The fraction of sp³-hybridized carbons (Fsp3) is 0.308. The molecule has 0 spiro atoms. The van der Waals surface area contributed by atoms with Crippen molar-refractivity contribution in [3.8, 4) is 11.3 Å². The van der Waals surface area contributed by atoms with Crippen LogP contribution in [-0.4, -0.2) is 24.9 Å². The van der Waals surface area contributed by atoms with Gasteiger partial charge in [-0.05, 0) is 17.9 Å². The summed E-state index contributed by atoms with van der Waals surface area (Å²) in [5, 5.41) is 2.48. The molecule has 2 heterocycles. The Hall–Kier alpha value is -1.40. The molecule has 0 aliphatic carbocycles. The third-order valence-electron chi connectivity index (χ3n) is 3.43. The molecular formula is C13H14N2O2S2. The minimum atomic E-state index is -2.83. The molecule has 0 amide bonds. The maximum absolute atomic E-state index is 11.5. The van der Waals surface area contributed by atoms with Gasteiger partial charge in [-0.25, -0.2) is 13.4 Å². The lowest BCUT2D eigenvalue weighted by molar-refractivity contribution is 0.601. The van der Waals surface area contributed by atoms with E-state index in [0.717, 1.165) is 23.2 Å². The highest BCUT2D eigenvalue weighted by Gasteiger charge is 2.28. The molecule has 1 saturated heterocycles. The quantitative estimate of drug-likeness (QED) is 0.922. The number of sulfone groups is 1. The fourth-order valence-corrected chi connectivity index (χ4v) is 4.76. The van der Waals surface area contributed by atoms with E-state index in [-0.39, 0.29) is 11.7 Å². The van der Waals surface area contributed by atoms with E-state index in [1.54, 1.807) is 0 Å². The van der Waals surface area contributed by atoms with Crippen molar-refractivity contribution in [3.63, 3.8) is 0 Å². The normalized spacial score (nSPS) is 21.6. The van der Waals surface area contributed by atoms with E-state index >= 15 is 0 Å². The summed E-state index contributed by atoms with van der Waals surface area (Å²) in [5.74, 6) is 0.720. The zero-order valence-electron chi connectivity index (χ0n) is 10.2. The van der Waals surface area contributed by atoms with Gasteiger partial charge in [0.25, 0.3) is 0 Å². The number of hydrogen-bond acceptors (Lipinski definition) is 5. The van der Waals surface area contributed by atoms with Crippen LogP contribution in [0.1, 0.15) is 17.9 Å². The number of nitrogens with two attached hydrogens (primary N) is 1. The first-order valence-electron chi connectivity index (χ1n) is 6.05. The van der Waals surface area contributed by atoms with Crippen LogP contribution >= 0.6 is 11.3 Å². The number of nitrogens with zero attached hydrogens (tertiary/aromatic N) is 1. The first-order valence-corrected chi connectivity index (χ1v) is 8.75. The Kier molecular flexibility index (Phi) is 3.06. The van der Waals surface area contributed by atoms with Gasteiger partial charge in [0.05, 0.1) is 17.2 Å². The third kappa shape index (κ3) is 2.64. The Labute approximate surface area is 116 Å². The van der Waals surface area contributed by atoms with E-state index in [1.807, 2.05) is 29.6 Å². The SMILES string of the molecule is Nc1nc(-c2ccc([C@@H]3CCS(=O)(=O)C3)cc2)cs1. The second kappa shape index (κ2) is 4.61. The molecule has 3 rings (SSSR count). The van der Waals surface area contributed by atoms with Crippen molar-refractivity contribution >= 4 is 26.3 Å². The number of benzene rings is 1. The van der Waals surface area contributed by atoms with Crippen molar-refractivity contribution < 1.29 is 8.42 Å². The summed E-state index contributed by atoms with van der Waals surface area (Å²) in [6, 6.07) is 7.95. The molecule has 1 fully saturated rings. The molecule has 0 radical (unpaired) electrons. The van der Waals surface area contributed by atoms with Gasteiger partial charge < -0.3 is 5.73 Å². The van der Waals surface area contributed by atoms with Crippen LogP contribution in [0.2, 0.25) is 0 Å². The summed E-state index contributed by atoms with van der Waals surface area (Å²) < 4.78 is 23.0. The first kappa shape index (κ1) is 12.6. The second-order valence-corrected chi connectivity index (χ2v) is 7.91. The van der Waals surface area contributed by atoms with Crippen molar-refractivity contribution in [1.82, 2.24) is 4.98 Å². The number of rotatable bonds is 2. The van der Waals surface area contributed by atoms with Gasteiger partial charge in [-0.15, -0.1) is 11.3 Å². The number of thiazole rings is 1. The highest BCUT2D eigenvalue weighted by atomic mass is 32.2. The lowest BCUT2D eigenvalue weighted by atomic mass is 9.97. The van der Waals surface area contributed by atoms with Gasteiger partial charge in [-0.1, -0.05) is 24.3 Å². The van der Waals surface area contributed by atoms with E-state index in [0.29, 0.717) is 10.9 Å². The Morgan fingerprint density at radius 2 is 2.00 bits per heavy atom. The van der Waals surface area contributed by atoms with Crippen molar-refractivity contribution in [3.05, 3.63) is 35.2 Å². The molecular weight excluding hydrogens is 280 g/mol. The van der Waals surface area contributed by atoms with Crippen molar-refractivity contribution in [2.45, 2.75) is 12.3 Å². The van der Waals surface area contributed by atoms with Gasteiger partial charge in [-0.3, -0.25) is 0 Å². The lowest BCUT2D eigenvalue weighted by Crippen LogP contribution is -2.03. The van der Waals surface area contributed by atoms with E-state index in [4.69, 9.17) is 5.73 Å². The highest BCUT2D eigenvalue weighted by molar-refractivity contribution is 7.91. The van der Waals surface area contributed by atoms with Gasteiger partial charge in [-0.2, -0.15) is 0 Å². The predicted octanol–water partition coefficient (Wildman–Crippen LogP) is 2.29. The number of aromatic nitrogens is 1. The summed E-state index contributed by atoms with van der Waals surface area (Å²) in [6.07, 6.45) is 0.728. The van der Waals surface area contributed by atoms with Gasteiger partial charge >= 0.3 is 0 Å². The van der Waals surface area contributed by atoms with E-state index in [9.17, 15) is 8.42 Å². The third-order valence-corrected chi connectivity index (χ3v) is 5.87. The molecule has 0 unspecified atom stereocenters. The smallest absolute Gasteiger partial charge is 0.180 e. The number of nitrogen functional groups attached to an aromatic ring is 1. The van der Waals surface area contributed by atoms with E-state index in [1.165, 1.54) is 11.3 Å². The molecule has 0 bridgehead atoms. The molecule has 2 N–H and O–H groups in total. The maximum atomic E-state index is 11.5. The Bertz CT molecular complexity index is 690. The van der Waals surface area contributed by atoms with Gasteiger partial charge in [0.1, 0.15) is 0 Å². The predicted molar refractivity (Wildman–Crippen MR) is 78.0 cm³/mol. The summed E-state index contributed by atoms with van der Waals surface area (Å²) in [5.41, 5.74) is 8.59. The van der Waals surface area contributed by atoms with Crippen LogP contribution in [0, 0.1) is 0 Å². The zero-order valence-corrected chi connectivity index (χ0v) is 11.9. The molecule has 0 saturated carbocycles. The highest BCUT2D eigenvalue weighted by Crippen LogP contribution is 2.30. The Balaban J connectivity index is 1.83. The molecule has 1 atom stereocenters. The Morgan fingerprint density at radius 1 is 1.26 bits per heavy atom.